The molecule has 0 aliphatic rings. The lowest BCUT2D eigenvalue weighted by Gasteiger charge is -2.08. The smallest absolute Gasteiger partial charge is 0.320 e. The molecule has 0 bridgehead atoms. The fourth-order valence-corrected chi connectivity index (χ4v) is 1.78. The summed E-state index contributed by atoms with van der Waals surface area (Å²) in [6.45, 7) is 0.532. The van der Waals surface area contributed by atoms with Gasteiger partial charge in [-0.3, -0.25) is 0 Å². The number of ether oxygens (including phenoxy) is 1. The van der Waals surface area contributed by atoms with Crippen LogP contribution < -0.4 is 15.4 Å². The fourth-order valence-electron chi connectivity index (χ4n) is 1.42. The molecule has 0 spiro atoms. The van der Waals surface area contributed by atoms with Crippen molar-refractivity contribution >= 4 is 27.6 Å². The molecule has 1 heterocycles. The Morgan fingerprint density at radius 1 is 1.39 bits per heavy atom. The summed E-state index contributed by atoms with van der Waals surface area (Å²) in [6, 6.07) is 5.94. The van der Waals surface area contributed by atoms with Crippen LogP contribution >= 0.6 is 15.9 Å². The molecule has 0 saturated heterocycles. The van der Waals surface area contributed by atoms with Gasteiger partial charge in [-0.05, 0) is 25.2 Å². The Labute approximate surface area is 113 Å². The summed E-state index contributed by atoms with van der Waals surface area (Å²) in [5.41, 5.74) is 0.756. The molecule has 0 aliphatic carbocycles. The molecule has 0 unspecified atom stereocenters. The maximum Gasteiger partial charge on any atom is 0.320 e. The summed E-state index contributed by atoms with van der Waals surface area (Å²) in [4.78, 5) is 0. The maximum atomic E-state index is 5.40. The van der Waals surface area contributed by atoms with E-state index in [1.54, 1.807) is 7.11 Å². The molecule has 1 aromatic carbocycles. The van der Waals surface area contributed by atoms with E-state index in [0.29, 0.717) is 24.2 Å². The average Bonchev–Trinajstić information content (AvgIpc) is 2.77. The first-order valence-corrected chi connectivity index (χ1v) is 6.09. The van der Waals surface area contributed by atoms with Crippen molar-refractivity contribution in [3.63, 3.8) is 0 Å². The van der Waals surface area contributed by atoms with Crippen molar-refractivity contribution in [1.29, 1.82) is 0 Å². The molecular weight excluding hydrogens is 300 g/mol. The molecule has 2 aromatic rings. The Kier molecular flexibility index (Phi) is 4.16. The van der Waals surface area contributed by atoms with Crippen LogP contribution in [-0.4, -0.2) is 24.4 Å². The lowest BCUT2D eigenvalue weighted by molar-refractivity contribution is 0.416. The number of nitrogens with zero attached hydrogens (tertiary/aromatic N) is 2. The standard InChI is InChI=1S/C11H13BrN4O2/c1-13-6-10-15-16-11(18-10)14-8-5-7(12)3-4-9(8)17-2/h3-5,13H,6H2,1-2H3,(H,14,16). The number of hydrogen-bond acceptors (Lipinski definition) is 6. The van der Waals surface area contributed by atoms with E-state index in [1.807, 2.05) is 25.2 Å². The zero-order valence-corrected chi connectivity index (χ0v) is 11.6. The predicted molar refractivity (Wildman–Crippen MR) is 71.0 cm³/mol. The van der Waals surface area contributed by atoms with Gasteiger partial charge in [-0.2, -0.15) is 0 Å². The molecule has 96 valence electrons. The molecule has 0 atom stereocenters. The Hall–Kier alpha value is -1.60. The van der Waals surface area contributed by atoms with E-state index >= 15 is 0 Å². The number of nitrogens with one attached hydrogen (secondary N) is 2. The van der Waals surface area contributed by atoms with Gasteiger partial charge in [0.25, 0.3) is 0 Å². The van der Waals surface area contributed by atoms with E-state index in [9.17, 15) is 0 Å². The summed E-state index contributed by atoms with van der Waals surface area (Å²) in [7, 11) is 3.42. The first kappa shape index (κ1) is 12.8. The quantitative estimate of drug-likeness (QED) is 0.882. The molecular formula is C11H13BrN4O2. The highest BCUT2D eigenvalue weighted by molar-refractivity contribution is 9.10. The molecule has 7 heteroatoms. The minimum atomic E-state index is 0.330. The van der Waals surface area contributed by atoms with E-state index < -0.39 is 0 Å². The monoisotopic (exact) mass is 312 g/mol. The second-order valence-electron chi connectivity index (χ2n) is 3.50. The van der Waals surface area contributed by atoms with Gasteiger partial charge in [-0.1, -0.05) is 21.0 Å². The van der Waals surface area contributed by atoms with Crippen LogP contribution in [0, 0.1) is 0 Å². The van der Waals surface area contributed by atoms with Gasteiger partial charge in [-0.25, -0.2) is 0 Å². The Morgan fingerprint density at radius 2 is 2.22 bits per heavy atom. The zero-order valence-electron chi connectivity index (χ0n) is 10.0. The first-order valence-electron chi connectivity index (χ1n) is 5.30. The van der Waals surface area contributed by atoms with Crippen molar-refractivity contribution in [2.45, 2.75) is 6.54 Å². The number of halogens is 1. The fraction of sp³-hybridized carbons (Fsp3) is 0.273. The average molecular weight is 313 g/mol. The Morgan fingerprint density at radius 3 is 2.94 bits per heavy atom. The van der Waals surface area contributed by atoms with Crippen LogP contribution in [0.5, 0.6) is 5.75 Å². The SMILES string of the molecule is CNCc1nnc(Nc2cc(Br)ccc2OC)o1. The van der Waals surface area contributed by atoms with Crippen molar-refractivity contribution in [3.8, 4) is 5.75 Å². The van der Waals surface area contributed by atoms with Gasteiger partial charge in [0.15, 0.2) is 0 Å². The van der Waals surface area contributed by atoms with Crippen molar-refractivity contribution in [2.75, 3.05) is 19.5 Å². The number of rotatable bonds is 5. The molecule has 0 aliphatic heterocycles. The minimum Gasteiger partial charge on any atom is -0.495 e. The topological polar surface area (TPSA) is 72.2 Å². The molecule has 0 fully saturated rings. The van der Waals surface area contributed by atoms with E-state index in [4.69, 9.17) is 9.15 Å². The van der Waals surface area contributed by atoms with Gasteiger partial charge in [-0.15, -0.1) is 5.10 Å². The van der Waals surface area contributed by atoms with Gasteiger partial charge in [0.05, 0.1) is 19.3 Å². The third-order valence-corrected chi connectivity index (χ3v) is 2.69. The molecule has 0 saturated carbocycles. The van der Waals surface area contributed by atoms with Gasteiger partial charge in [0.1, 0.15) is 5.75 Å². The van der Waals surface area contributed by atoms with Crippen LogP contribution in [0.1, 0.15) is 5.89 Å². The van der Waals surface area contributed by atoms with Crippen molar-refractivity contribution < 1.29 is 9.15 Å². The van der Waals surface area contributed by atoms with Gasteiger partial charge in [0.2, 0.25) is 5.89 Å². The van der Waals surface area contributed by atoms with Gasteiger partial charge < -0.3 is 19.8 Å². The second-order valence-corrected chi connectivity index (χ2v) is 4.42. The van der Waals surface area contributed by atoms with E-state index in [1.165, 1.54) is 0 Å². The predicted octanol–water partition coefficient (Wildman–Crippen LogP) is 2.30. The number of benzene rings is 1. The summed E-state index contributed by atoms with van der Waals surface area (Å²) in [6.07, 6.45) is 0. The van der Waals surface area contributed by atoms with E-state index in [2.05, 4.69) is 36.8 Å². The highest BCUT2D eigenvalue weighted by Gasteiger charge is 2.09. The van der Waals surface area contributed by atoms with Crippen LogP contribution in [-0.2, 0) is 6.54 Å². The molecule has 0 amide bonds. The summed E-state index contributed by atoms with van der Waals surface area (Å²) in [5.74, 6) is 1.22. The number of methoxy groups -OCH3 is 1. The lowest BCUT2D eigenvalue weighted by atomic mass is 10.3. The summed E-state index contributed by atoms with van der Waals surface area (Å²) < 4.78 is 11.6. The molecule has 6 nitrogen and oxygen atoms in total. The largest absolute Gasteiger partial charge is 0.495 e. The first-order chi connectivity index (χ1) is 8.72. The molecule has 2 N–H and O–H groups in total. The minimum absolute atomic E-state index is 0.330. The van der Waals surface area contributed by atoms with Gasteiger partial charge >= 0.3 is 6.01 Å². The van der Waals surface area contributed by atoms with Crippen molar-refractivity contribution in [1.82, 2.24) is 15.5 Å². The third-order valence-electron chi connectivity index (χ3n) is 2.20. The van der Waals surface area contributed by atoms with Crippen LogP contribution in [0.4, 0.5) is 11.7 Å². The second kappa shape index (κ2) is 5.83. The normalized spacial score (nSPS) is 10.4. The highest BCUT2D eigenvalue weighted by Crippen LogP contribution is 2.30. The summed E-state index contributed by atoms with van der Waals surface area (Å²) >= 11 is 3.40. The van der Waals surface area contributed by atoms with E-state index in [0.717, 1.165) is 10.2 Å². The van der Waals surface area contributed by atoms with Crippen LogP contribution in [0.15, 0.2) is 27.1 Å². The van der Waals surface area contributed by atoms with Gasteiger partial charge in [0, 0.05) is 4.47 Å². The zero-order chi connectivity index (χ0) is 13.0. The molecule has 18 heavy (non-hydrogen) atoms. The van der Waals surface area contributed by atoms with Crippen LogP contribution in [0.25, 0.3) is 0 Å². The Bertz CT molecular complexity index is 530. The lowest BCUT2D eigenvalue weighted by Crippen LogP contribution is -2.04. The third kappa shape index (κ3) is 2.99. The molecule has 0 radical (unpaired) electrons. The number of anilines is 2. The summed E-state index contributed by atoms with van der Waals surface area (Å²) in [5, 5.41) is 13.7. The number of aromatic nitrogens is 2. The highest BCUT2D eigenvalue weighted by atomic mass is 79.9. The van der Waals surface area contributed by atoms with Crippen molar-refractivity contribution in [3.05, 3.63) is 28.6 Å². The van der Waals surface area contributed by atoms with Crippen LogP contribution in [0.3, 0.4) is 0 Å². The molecule has 1 aromatic heterocycles. The maximum absolute atomic E-state index is 5.40. The Balaban J connectivity index is 2.19. The number of hydrogen-bond donors (Lipinski definition) is 2. The van der Waals surface area contributed by atoms with Crippen molar-refractivity contribution in [2.24, 2.45) is 0 Å². The van der Waals surface area contributed by atoms with Crippen LogP contribution in [0.2, 0.25) is 0 Å². The molecule has 2 rings (SSSR count). The van der Waals surface area contributed by atoms with E-state index in [-0.39, 0.29) is 0 Å².